The fraction of sp³-hybridized carbons (Fsp3) is 0.179. The number of hydrogen-bond acceptors (Lipinski definition) is 9. The van der Waals surface area contributed by atoms with Crippen LogP contribution >= 0.6 is 11.6 Å². The van der Waals surface area contributed by atoms with Gasteiger partial charge in [-0.25, -0.2) is 27.6 Å². The molecule has 1 aliphatic heterocycles. The topological polar surface area (TPSA) is 132 Å². The number of imidazole rings is 1. The molecule has 11 nitrogen and oxygen atoms in total. The Morgan fingerprint density at radius 3 is 2.66 bits per heavy atom. The third-order valence-corrected chi connectivity index (χ3v) is 7.28. The van der Waals surface area contributed by atoms with Crippen LogP contribution in [0.5, 0.6) is 0 Å². The van der Waals surface area contributed by atoms with Crippen LogP contribution in [0, 0.1) is 0 Å². The number of nitrogens with zero attached hydrogens (tertiary/aromatic N) is 6. The van der Waals surface area contributed by atoms with E-state index in [0.717, 1.165) is 23.2 Å². The molecule has 0 unspecified atom stereocenters. The molecule has 0 radical (unpaired) electrons. The number of anilines is 1. The summed E-state index contributed by atoms with van der Waals surface area (Å²) in [7, 11) is -3.71. The molecule has 41 heavy (non-hydrogen) atoms. The number of aromatic nitrogens is 5. The fourth-order valence-electron chi connectivity index (χ4n) is 4.77. The molecule has 6 rings (SSSR count). The van der Waals surface area contributed by atoms with Crippen molar-refractivity contribution in [3.63, 3.8) is 0 Å². The number of halogens is 1. The predicted molar refractivity (Wildman–Crippen MR) is 157 cm³/mol. The zero-order valence-electron chi connectivity index (χ0n) is 21.9. The van der Waals surface area contributed by atoms with Gasteiger partial charge in [0, 0.05) is 48.1 Å². The average molecular weight is 590 g/mol. The maximum absolute atomic E-state index is 12.5. The number of sulfonamides is 1. The van der Waals surface area contributed by atoms with E-state index in [1.807, 2.05) is 35.1 Å². The molecule has 4 aromatic heterocycles. The van der Waals surface area contributed by atoms with E-state index in [4.69, 9.17) is 21.3 Å². The Labute approximate surface area is 240 Å². The van der Waals surface area contributed by atoms with E-state index < -0.39 is 15.9 Å². The summed E-state index contributed by atoms with van der Waals surface area (Å²) in [6.45, 7) is 2.64. The lowest BCUT2D eigenvalue weighted by Gasteiger charge is -2.28. The largest absolute Gasteiger partial charge is 0.378 e. The predicted octanol–water partition coefficient (Wildman–Crippen LogP) is 3.69. The number of rotatable bonds is 6. The normalized spacial score (nSPS) is 14.2. The lowest BCUT2D eigenvalue weighted by Crippen LogP contribution is -2.36. The first-order chi connectivity index (χ1) is 19.8. The van der Waals surface area contributed by atoms with Gasteiger partial charge < -0.3 is 9.64 Å². The summed E-state index contributed by atoms with van der Waals surface area (Å²) >= 11 is 6.49. The van der Waals surface area contributed by atoms with Crippen LogP contribution in [-0.2, 0) is 14.8 Å². The summed E-state index contributed by atoms with van der Waals surface area (Å²) in [5.74, 6) is -0.712. The van der Waals surface area contributed by atoms with Gasteiger partial charge in [0.25, 0.3) is 5.91 Å². The van der Waals surface area contributed by atoms with Crippen molar-refractivity contribution in [2.24, 2.45) is 0 Å². The molecule has 0 saturated carbocycles. The van der Waals surface area contributed by atoms with Gasteiger partial charge in [0.15, 0.2) is 10.8 Å². The van der Waals surface area contributed by atoms with Gasteiger partial charge in [0.1, 0.15) is 5.69 Å². The number of hydrogen-bond donors (Lipinski definition) is 1. The van der Waals surface area contributed by atoms with E-state index in [9.17, 15) is 13.2 Å². The molecule has 5 heterocycles. The van der Waals surface area contributed by atoms with Crippen molar-refractivity contribution in [2.45, 2.75) is 0 Å². The number of fused-ring (bicyclic) bond motifs is 2. The molecule has 1 amide bonds. The minimum Gasteiger partial charge on any atom is -0.378 e. The van der Waals surface area contributed by atoms with E-state index in [0.29, 0.717) is 59.4 Å². The molecule has 0 aliphatic carbocycles. The molecule has 208 valence electrons. The zero-order valence-corrected chi connectivity index (χ0v) is 23.4. The van der Waals surface area contributed by atoms with E-state index in [1.54, 1.807) is 47.2 Å². The molecule has 0 atom stereocenters. The van der Waals surface area contributed by atoms with Crippen LogP contribution in [0.15, 0.2) is 60.9 Å². The second-order valence-electron chi connectivity index (χ2n) is 9.42. The molecule has 13 heteroatoms. The first-order valence-electron chi connectivity index (χ1n) is 12.7. The fourth-order valence-corrected chi connectivity index (χ4v) is 5.39. The van der Waals surface area contributed by atoms with Crippen LogP contribution in [-0.4, -0.2) is 71.5 Å². The number of ether oxygens (including phenoxy) is 1. The van der Waals surface area contributed by atoms with Crippen molar-refractivity contribution in [1.82, 2.24) is 29.3 Å². The van der Waals surface area contributed by atoms with Crippen molar-refractivity contribution in [2.75, 3.05) is 37.5 Å². The maximum Gasteiger partial charge on any atom is 0.265 e. The SMILES string of the molecule is CS(=O)(=O)NC(=O)c1cccc2nc(C=Cc3nc4c(N5CCOCC5)cc(Cl)nn4c3-c3cccnc3)ccc12. The number of carbonyl (C=O) groups is 1. The van der Waals surface area contributed by atoms with E-state index >= 15 is 0 Å². The number of amides is 1. The Hall–Kier alpha value is -4.39. The van der Waals surface area contributed by atoms with Crippen LogP contribution in [0.2, 0.25) is 5.15 Å². The van der Waals surface area contributed by atoms with Crippen molar-refractivity contribution in [3.05, 3.63) is 83.0 Å². The van der Waals surface area contributed by atoms with E-state index in [1.165, 1.54) is 0 Å². The van der Waals surface area contributed by atoms with Gasteiger partial charge in [-0.2, -0.15) is 5.10 Å². The first-order valence-corrected chi connectivity index (χ1v) is 15.0. The monoisotopic (exact) mass is 589 g/mol. The molecule has 1 aromatic carbocycles. The number of nitrogens with one attached hydrogen (secondary N) is 1. The van der Waals surface area contributed by atoms with Crippen molar-refractivity contribution < 1.29 is 17.9 Å². The summed E-state index contributed by atoms with van der Waals surface area (Å²) in [6.07, 6.45) is 8.05. The highest BCUT2D eigenvalue weighted by Crippen LogP contribution is 2.32. The van der Waals surface area contributed by atoms with Crippen LogP contribution in [0.25, 0.3) is 40.0 Å². The summed E-state index contributed by atoms with van der Waals surface area (Å²) in [5.41, 5.74) is 5.08. The minimum absolute atomic E-state index is 0.216. The third-order valence-electron chi connectivity index (χ3n) is 6.54. The smallest absolute Gasteiger partial charge is 0.265 e. The average Bonchev–Trinajstić information content (AvgIpc) is 3.33. The molecule has 1 fully saturated rings. The highest BCUT2D eigenvalue weighted by atomic mass is 35.5. The van der Waals surface area contributed by atoms with Gasteiger partial charge in [-0.1, -0.05) is 17.7 Å². The molecule has 1 saturated heterocycles. The second kappa shape index (κ2) is 10.9. The second-order valence-corrected chi connectivity index (χ2v) is 11.6. The van der Waals surface area contributed by atoms with Gasteiger partial charge in [-0.15, -0.1) is 0 Å². The third kappa shape index (κ3) is 5.62. The van der Waals surface area contributed by atoms with Gasteiger partial charge in [0.05, 0.1) is 42.1 Å². The standard InChI is InChI=1S/C28H24ClN7O4S/c1-41(38,39)34-28(37)21-5-2-6-22-20(21)9-7-19(31-22)8-10-23-26(18-4-3-11-30-17-18)36-27(32-23)24(16-25(29)33-36)35-12-14-40-15-13-35/h2-11,16-17H,12-15H2,1H3,(H,34,37). The van der Waals surface area contributed by atoms with Crippen LogP contribution in [0.4, 0.5) is 5.69 Å². The van der Waals surface area contributed by atoms with Gasteiger partial charge in [0.2, 0.25) is 10.0 Å². The molecule has 1 N–H and O–H groups in total. The lowest BCUT2D eigenvalue weighted by molar-refractivity contribution is 0.0983. The lowest BCUT2D eigenvalue weighted by atomic mass is 10.1. The highest BCUT2D eigenvalue weighted by molar-refractivity contribution is 7.89. The number of pyridine rings is 2. The first kappa shape index (κ1) is 26.8. The Morgan fingerprint density at radius 2 is 1.90 bits per heavy atom. The zero-order chi connectivity index (χ0) is 28.6. The summed E-state index contributed by atoms with van der Waals surface area (Å²) in [5, 5.41) is 5.45. The van der Waals surface area contributed by atoms with Crippen LogP contribution in [0.3, 0.4) is 0 Å². The molecule has 5 aromatic rings. The van der Waals surface area contributed by atoms with Crippen molar-refractivity contribution >= 4 is 61.9 Å². The van der Waals surface area contributed by atoms with Crippen molar-refractivity contribution in [1.29, 1.82) is 0 Å². The van der Waals surface area contributed by atoms with Crippen LogP contribution in [0.1, 0.15) is 21.7 Å². The van der Waals surface area contributed by atoms with Gasteiger partial charge in [-0.05, 0) is 48.6 Å². The highest BCUT2D eigenvalue weighted by Gasteiger charge is 2.22. The quantitative estimate of drug-likeness (QED) is 0.315. The van der Waals surface area contributed by atoms with E-state index in [-0.39, 0.29) is 5.56 Å². The van der Waals surface area contributed by atoms with E-state index in [2.05, 4.69) is 20.0 Å². The Balaban J connectivity index is 1.43. The number of morpholine rings is 1. The molecule has 0 bridgehead atoms. The Kier molecular flexibility index (Phi) is 7.12. The maximum atomic E-state index is 12.5. The Bertz CT molecular complexity index is 1920. The summed E-state index contributed by atoms with van der Waals surface area (Å²) < 4.78 is 32.4. The van der Waals surface area contributed by atoms with Gasteiger partial charge in [-0.3, -0.25) is 9.78 Å². The number of benzene rings is 1. The molecular weight excluding hydrogens is 566 g/mol. The van der Waals surface area contributed by atoms with Crippen molar-refractivity contribution in [3.8, 4) is 11.3 Å². The molecular formula is C28H24ClN7O4S. The van der Waals surface area contributed by atoms with Crippen LogP contribution < -0.4 is 9.62 Å². The van der Waals surface area contributed by atoms with Gasteiger partial charge >= 0.3 is 0 Å². The minimum atomic E-state index is -3.71. The Morgan fingerprint density at radius 1 is 1.07 bits per heavy atom. The molecule has 0 spiro atoms. The summed E-state index contributed by atoms with van der Waals surface area (Å²) in [6, 6.07) is 14.1. The summed E-state index contributed by atoms with van der Waals surface area (Å²) in [4.78, 5) is 28.6. The number of carbonyl (C=O) groups excluding carboxylic acids is 1. The molecule has 1 aliphatic rings.